The molecule has 0 bridgehead atoms. The van der Waals surface area contributed by atoms with Crippen molar-refractivity contribution in [3.8, 4) is 0 Å². The Bertz CT molecular complexity index is 849. The predicted octanol–water partition coefficient (Wildman–Crippen LogP) is 8.29. The van der Waals surface area contributed by atoms with E-state index in [0.29, 0.717) is 0 Å². The van der Waals surface area contributed by atoms with Gasteiger partial charge in [-0.2, -0.15) is 0 Å². The van der Waals surface area contributed by atoms with Crippen molar-refractivity contribution in [3.05, 3.63) is 101 Å². The Morgan fingerprint density at radius 1 is 0.567 bits per heavy atom. The van der Waals surface area contributed by atoms with E-state index in [-0.39, 0.29) is 0 Å². The molecule has 0 radical (unpaired) electrons. The maximum atomic E-state index is 4.61. The van der Waals surface area contributed by atoms with E-state index in [1.54, 1.807) is 0 Å². The predicted molar refractivity (Wildman–Crippen MR) is 133 cm³/mol. The molecule has 0 atom stereocenters. The molecule has 30 heavy (non-hydrogen) atoms. The van der Waals surface area contributed by atoms with Crippen LogP contribution in [0.4, 0.5) is 5.69 Å². The first-order valence-electron chi connectivity index (χ1n) is 11.3. The van der Waals surface area contributed by atoms with Crippen molar-refractivity contribution in [3.63, 3.8) is 0 Å². The highest BCUT2D eigenvalue weighted by Gasteiger charge is 1.95. The lowest BCUT2D eigenvalue weighted by atomic mass is 10.1. The van der Waals surface area contributed by atoms with Crippen LogP contribution in [0.1, 0.15) is 67.3 Å². The van der Waals surface area contributed by atoms with Gasteiger partial charge in [-0.1, -0.05) is 99.5 Å². The lowest BCUT2D eigenvalue weighted by Crippen LogP contribution is -1.84. The second-order valence-corrected chi connectivity index (χ2v) is 7.87. The average molecular weight is 396 g/mol. The zero-order valence-electron chi connectivity index (χ0n) is 18.4. The average Bonchev–Trinajstić information content (AvgIpc) is 2.80. The van der Waals surface area contributed by atoms with E-state index in [9.17, 15) is 0 Å². The molecule has 0 fully saturated rings. The van der Waals surface area contributed by atoms with E-state index in [2.05, 4.69) is 104 Å². The lowest BCUT2D eigenvalue weighted by molar-refractivity contribution is 0.795. The first-order chi connectivity index (χ1) is 14.8. The van der Waals surface area contributed by atoms with Gasteiger partial charge >= 0.3 is 0 Å². The highest BCUT2D eigenvalue weighted by molar-refractivity contribution is 5.82. The third-order valence-electron chi connectivity index (χ3n) is 5.32. The second-order valence-electron chi connectivity index (χ2n) is 7.87. The van der Waals surface area contributed by atoms with Gasteiger partial charge in [-0.3, -0.25) is 4.99 Å². The zero-order chi connectivity index (χ0) is 21.0. The van der Waals surface area contributed by atoms with Crippen LogP contribution in [0.25, 0.3) is 12.2 Å². The van der Waals surface area contributed by atoms with Gasteiger partial charge < -0.3 is 0 Å². The van der Waals surface area contributed by atoms with E-state index in [0.717, 1.165) is 17.7 Å². The Morgan fingerprint density at radius 2 is 1.00 bits per heavy atom. The Hall–Kier alpha value is -2.93. The number of benzene rings is 3. The third-order valence-corrected chi connectivity index (χ3v) is 5.32. The molecule has 154 valence electrons. The van der Waals surface area contributed by atoms with E-state index >= 15 is 0 Å². The summed E-state index contributed by atoms with van der Waals surface area (Å²) in [7, 11) is 0. The fourth-order valence-electron chi connectivity index (χ4n) is 3.34. The summed E-state index contributed by atoms with van der Waals surface area (Å²) in [6.45, 7) is 4.46. The van der Waals surface area contributed by atoms with Crippen LogP contribution < -0.4 is 0 Å². The summed E-state index contributed by atoms with van der Waals surface area (Å²) >= 11 is 0. The van der Waals surface area contributed by atoms with Gasteiger partial charge in [-0.25, -0.2) is 0 Å². The molecule has 0 saturated carbocycles. The number of unbranched alkanes of at least 4 members (excludes halogenated alkanes) is 2. The number of nitrogens with zero attached hydrogens (tertiary/aromatic N) is 1. The van der Waals surface area contributed by atoms with Crippen molar-refractivity contribution in [1.82, 2.24) is 0 Å². The summed E-state index contributed by atoms with van der Waals surface area (Å²) in [5.41, 5.74) is 7.37. The maximum Gasteiger partial charge on any atom is 0.0630 e. The monoisotopic (exact) mass is 395 g/mol. The summed E-state index contributed by atoms with van der Waals surface area (Å²) < 4.78 is 0. The van der Waals surface area contributed by atoms with Gasteiger partial charge in [0.2, 0.25) is 0 Å². The van der Waals surface area contributed by atoms with Crippen LogP contribution in [-0.2, 0) is 12.8 Å². The van der Waals surface area contributed by atoms with Crippen molar-refractivity contribution in [2.75, 3.05) is 0 Å². The topological polar surface area (TPSA) is 12.4 Å². The number of aliphatic imine (C=N–C) groups is 1. The van der Waals surface area contributed by atoms with E-state index in [1.807, 2.05) is 6.21 Å². The van der Waals surface area contributed by atoms with Gasteiger partial charge in [0, 0.05) is 6.21 Å². The molecule has 3 aromatic carbocycles. The first kappa shape index (κ1) is 21.8. The number of hydrogen-bond donors (Lipinski definition) is 0. The van der Waals surface area contributed by atoms with Crippen molar-refractivity contribution < 1.29 is 0 Å². The molecule has 1 heteroatoms. The summed E-state index contributed by atoms with van der Waals surface area (Å²) in [5.74, 6) is 0. The van der Waals surface area contributed by atoms with Gasteiger partial charge in [0.25, 0.3) is 0 Å². The molecular weight excluding hydrogens is 362 g/mol. The molecule has 0 heterocycles. The Morgan fingerprint density at radius 3 is 1.50 bits per heavy atom. The number of aryl methyl sites for hydroxylation is 2. The summed E-state index contributed by atoms with van der Waals surface area (Å²) in [6.07, 6.45) is 13.6. The third kappa shape index (κ3) is 7.15. The zero-order valence-corrected chi connectivity index (χ0v) is 18.4. The van der Waals surface area contributed by atoms with Gasteiger partial charge in [0.15, 0.2) is 0 Å². The SMILES string of the molecule is CCCCc1ccc(/C=C/c2ccc(C=Nc3ccc(CCCC)cc3)cc2)cc1. The summed E-state index contributed by atoms with van der Waals surface area (Å²) in [5, 5.41) is 0. The van der Waals surface area contributed by atoms with Crippen LogP contribution in [0, 0.1) is 0 Å². The van der Waals surface area contributed by atoms with Gasteiger partial charge in [-0.15, -0.1) is 0 Å². The molecule has 0 aromatic heterocycles. The maximum absolute atomic E-state index is 4.61. The normalized spacial score (nSPS) is 11.5. The largest absolute Gasteiger partial charge is 0.256 e. The lowest BCUT2D eigenvalue weighted by Gasteiger charge is -2.01. The van der Waals surface area contributed by atoms with Crippen LogP contribution in [0.3, 0.4) is 0 Å². The van der Waals surface area contributed by atoms with Crippen LogP contribution in [-0.4, -0.2) is 6.21 Å². The highest BCUT2D eigenvalue weighted by atomic mass is 14.7. The van der Waals surface area contributed by atoms with Crippen molar-refractivity contribution in [2.45, 2.75) is 52.4 Å². The summed E-state index contributed by atoms with van der Waals surface area (Å²) in [4.78, 5) is 4.61. The standard InChI is InChI=1S/C29H33N/c1-3-5-7-24-9-11-26(12-10-24)13-14-27-15-17-28(18-16-27)23-30-29-21-19-25(20-22-29)8-6-4-2/h9-23H,3-8H2,1-2H3/b14-13+,30-23?. The van der Waals surface area contributed by atoms with Gasteiger partial charge in [-0.05, 0) is 65.6 Å². The fourth-order valence-corrected chi connectivity index (χ4v) is 3.34. The van der Waals surface area contributed by atoms with Gasteiger partial charge in [0.05, 0.1) is 5.69 Å². The van der Waals surface area contributed by atoms with Crippen molar-refractivity contribution in [2.24, 2.45) is 4.99 Å². The quantitative estimate of drug-likeness (QED) is 0.242. The van der Waals surface area contributed by atoms with E-state index < -0.39 is 0 Å². The minimum Gasteiger partial charge on any atom is -0.256 e. The molecule has 0 saturated heterocycles. The van der Waals surface area contributed by atoms with E-state index in [1.165, 1.54) is 54.4 Å². The van der Waals surface area contributed by atoms with Crippen molar-refractivity contribution >= 4 is 24.1 Å². The molecule has 0 aliphatic rings. The fraction of sp³-hybridized carbons (Fsp3) is 0.276. The highest BCUT2D eigenvalue weighted by Crippen LogP contribution is 2.16. The van der Waals surface area contributed by atoms with Crippen LogP contribution in [0.5, 0.6) is 0 Å². The van der Waals surface area contributed by atoms with Crippen LogP contribution in [0.2, 0.25) is 0 Å². The smallest absolute Gasteiger partial charge is 0.0630 e. The van der Waals surface area contributed by atoms with Crippen LogP contribution >= 0.6 is 0 Å². The van der Waals surface area contributed by atoms with Crippen LogP contribution in [0.15, 0.2) is 77.8 Å². The van der Waals surface area contributed by atoms with Gasteiger partial charge in [0.1, 0.15) is 0 Å². The first-order valence-corrected chi connectivity index (χ1v) is 11.3. The molecule has 0 aliphatic heterocycles. The Balaban J connectivity index is 1.55. The molecule has 0 N–H and O–H groups in total. The molecule has 0 spiro atoms. The second kappa shape index (κ2) is 11.9. The minimum absolute atomic E-state index is 1.00. The molecule has 3 rings (SSSR count). The Kier molecular flexibility index (Phi) is 8.65. The number of hydrogen-bond acceptors (Lipinski definition) is 1. The molecule has 0 aliphatic carbocycles. The molecule has 0 amide bonds. The van der Waals surface area contributed by atoms with E-state index in [4.69, 9.17) is 0 Å². The molecular formula is C29H33N. The summed E-state index contributed by atoms with van der Waals surface area (Å²) in [6, 6.07) is 26.0. The Labute approximate surface area is 182 Å². The molecule has 0 unspecified atom stereocenters. The number of rotatable bonds is 10. The minimum atomic E-state index is 1.00. The van der Waals surface area contributed by atoms with Crippen molar-refractivity contribution in [1.29, 1.82) is 0 Å². The molecule has 1 nitrogen and oxygen atoms in total. The molecule has 3 aromatic rings.